The van der Waals surface area contributed by atoms with Gasteiger partial charge in [0.15, 0.2) is 5.69 Å². The van der Waals surface area contributed by atoms with E-state index in [1.165, 1.54) is 13.4 Å². The third-order valence-corrected chi connectivity index (χ3v) is 2.88. The molecule has 2 aromatic rings. The maximum Gasteiger partial charge on any atom is 0.356 e. The number of aromatic nitrogens is 2. The number of methoxy groups -OCH3 is 1. The van der Waals surface area contributed by atoms with Crippen LogP contribution in [-0.2, 0) is 7.05 Å². The number of hydrogen-bond donors (Lipinski definition) is 1. The van der Waals surface area contributed by atoms with E-state index in [9.17, 15) is 4.79 Å². The van der Waals surface area contributed by atoms with Crippen LogP contribution in [0, 0.1) is 0 Å². The number of ether oxygens (including phenoxy) is 1. The summed E-state index contributed by atoms with van der Waals surface area (Å²) in [6.45, 7) is 0. The number of carboxylic acids is 1. The molecule has 1 N–H and O–H groups in total. The highest BCUT2D eigenvalue weighted by Gasteiger charge is 2.19. The SMILES string of the molecule is COc1ccc(-c2c(C(=O)O)ncn2C)c(Cl)c1. The van der Waals surface area contributed by atoms with Crippen LogP contribution in [0.15, 0.2) is 24.5 Å². The Balaban J connectivity index is 2.62. The molecule has 1 aromatic heterocycles. The number of carboxylic acid groups (broad SMARTS) is 1. The monoisotopic (exact) mass is 266 g/mol. The van der Waals surface area contributed by atoms with Crippen LogP contribution in [-0.4, -0.2) is 27.7 Å². The summed E-state index contributed by atoms with van der Waals surface area (Å²) >= 11 is 6.13. The molecule has 6 heteroatoms. The molecule has 0 bridgehead atoms. The summed E-state index contributed by atoms with van der Waals surface area (Å²) in [4.78, 5) is 14.9. The van der Waals surface area contributed by atoms with Crippen molar-refractivity contribution in [2.75, 3.05) is 7.11 Å². The number of carbonyl (C=O) groups is 1. The molecule has 18 heavy (non-hydrogen) atoms. The maximum atomic E-state index is 11.1. The molecule has 1 aromatic carbocycles. The minimum Gasteiger partial charge on any atom is -0.497 e. The quantitative estimate of drug-likeness (QED) is 0.927. The predicted octanol–water partition coefficient (Wildman–Crippen LogP) is 2.45. The van der Waals surface area contributed by atoms with E-state index in [0.717, 1.165) is 0 Å². The van der Waals surface area contributed by atoms with Crippen LogP contribution in [0.1, 0.15) is 10.5 Å². The lowest BCUT2D eigenvalue weighted by Crippen LogP contribution is -2.01. The summed E-state index contributed by atoms with van der Waals surface area (Å²) in [7, 11) is 3.26. The third kappa shape index (κ3) is 2.04. The summed E-state index contributed by atoms with van der Waals surface area (Å²) in [5.74, 6) is -0.472. The van der Waals surface area contributed by atoms with Gasteiger partial charge in [0.1, 0.15) is 5.75 Å². The van der Waals surface area contributed by atoms with Crippen molar-refractivity contribution in [3.63, 3.8) is 0 Å². The minimum absolute atomic E-state index is 0.0235. The van der Waals surface area contributed by atoms with Gasteiger partial charge in [0.05, 0.1) is 24.2 Å². The Labute approximate surface area is 109 Å². The van der Waals surface area contributed by atoms with Crippen molar-refractivity contribution in [1.82, 2.24) is 9.55 Å². The average Bonchev–Trinajstić information content (AvgIpc) is 2.71. The van der Waals surface area contributed by atoms with Crippen molar-refractivity contribution in [3.05, 3.63) is 35.2 Å². The lowest BCUT2D eigenvalue weighted by atomic mass is 10.1. The Kier molecular flexibility index (Phi) is 3.25. The molecule has 1 heterocycles. The van der Waals surface area contributed by atoms with E-state index in [4.69, 9.17) is 21.4 Å². The molecular formula is C12H11ClN2O3. The summed E-state index contributed by atoms with van der Waals surface area (Å²) in [6.07, 6.45) is 1.44. The molecule has 0 aliphatic carbocycles. The van der Waals surface area contributed by atoms with E-state index < -0.39 is 5.97 Å². The number of aryl methyl sites for hydroxylation is 1. The zero-order chi connectivity index (χ0) is 13.3. The molecule has 5 nitrogen and oxygen atoms in total. The molecule has 0 spiro atoms. The van der Waals surface area contributed by atoms with E-state index >= 15 is 0 Å². The third-order valence-electron chi connectivity index (χ3n) is 2.57. The predicted molar refractivity (Wildman–Crippen MR) is 67.2 cm³/mol. The van der Waals surface area contributed by atoms with Gasteiger partial charge in [-0.05, 0) is 18.2 Å². The Bertz CT molecular complexity index is 607. The second-order valence-corrected chi connectivity index (χ2v) is 4.11. The zero-order valence-electron chi connectivity index (χ0n) is 9.85. The number of imidazole rings is 1. The number of benzene rings is 1. The molecule has 0 saturated heterocycles. The van der Waals surface area contributed by atoms with Crippen molar-refractivity contribution >= 4 is 17.6 Å². The number of rotatable bonds is 3. The standard InChI is InChI=1S/C12H11ClN2O3/c1-15-6-14-10(12(16)17)11(15)8-4-3-7(18-2)5-9(8)13/h3-6H,1-2H3,(H,16,17). The van der Waals surface area contributed by atoms with Gasteiger partial charge in [-0.1, -0.05) is 11.6 Å². The number of aromatic carboxylic acids is 1. The van der Waals surface area contributed by atoms with Gasteiger partial charge in [0, 0.05) is 12.6 Å². The molecule has 0 unspecified atom stereocenters. The topological polar surface area (TPSA) is 64.3 Å². The Morgan fingerprint density at radius 1 is 1.50 bits per heavy atom. The highest BCUT2D eigenvalue weighted by Crippen LogP contribution is 2.32. The average molecular weight is 267 g/mol. The fourth-order valence-electron chi connectivity index (χ4n) is 1.72. The largest absolute Gasteiger partial charge is 0.497 e. The van der Waals surface area contributed by atoms with Crippen LogP contribution in [0.4, 0.5) is 0 Å². The fraction of sp³-hybridized carbons (Fsp3) is 0.167. The number of halogens is 1. The summed E-state index contributed by atoms with van der Waals surface area (Å²) < 4.78 is 6.67. The lowest BCUT2D eigenvalue weighted by molar-refractivity contribution is 0.0692. The van der Waals surface area contributed by atoms with Gasteiger partial charge in [0.25, 0.3) is 0 Å². The molecule has 0 aliphatic heterocycles. The van der Waals surface area contributed by atoms with Gasteiger partial charge in [-0.25, -0.2) is 9.78 Å². The summed E-state index contributed by atoms with van der Waals surface area (Å²) in [6, 6.07) is 5.07. The molecule has 0 radical (unpaired) electrons. The van der Waals surface area contributed by atoms with Gasteiger partial charge >= 0.3 is 5.97 Å². The Morgan fingerprint density at radius 2 is 2.22 bits per heavy atom. The zero-order valence-corrected chi connectivity index (χ0v) is 10.6. The van der Waals surface area contributed by atoms with Gasteiger partial charge in [-0.15, -0.1) is 0 Å². The van der Waals surface area contributed by atoms with Crippen molar-refractivity contribution in [3.8, 4) is 17.0 Å². The smallest absolute Gasteiger partial charge is 0.356 e. The fourth-order valence-corrected chi connectivity index (χ4v) is 1.98. The van der Waals surface area contributed by atoms with Crippen LogP contribution in [0.2, 0.25) is 5.02 Å². The van der Waals surface area contributed by atoms with E-state index in [2.05, 4.69) is 4.98 Å². The van der Waals surface area contributed by atoms with Crippen LogP contribution in [0.5, 0.6) is 5.75 Å². The highest BCUT2D eigenvalue weighted by molar-refractivity contribution is 6.33. The van der Waals surface area contributed by atoms with E-state index in [1.54, 1.807) is 29.8 Å². The molecule has 94 valence electrons. The molecule has 0 fully saturated rings. The van der Waals surface area contributed by atoms with Crippen LogP contribution in [0.25, 0.3) is 11.3 Å². The van der Waals surface area contributed by atoms with Crippen LogP contribution in [0.3, 0.4) is 0 Å². The Hall–Kier alpha value is -2.01. The molecule has 0 atom stereocenters. The lowest BCUT2D eigenvalue weighted by Gasteiger charge is -2.08. The summed E-state index contributed by atoms with van der Waals surface area (Å²) in [5.41, 5.74) is 1.05. The van der Waals surface area contributed by atoms with Crippen molar-refractivity contribution in [2.24, 2.45) is 7.05 Å². The van der Waals surface area contributed by atoms with Crippen LogP contribution >= 0.6 is 11.6 Å². The second-order valence-electron chi connectivity index (χ2n) is 3.70. The second kappa shape index (κ2) is 4.70. The molecule has 0 aliphatic rings. The number of hydrogen-bond acceptors (Lipinski definition) is 3. The van der Waals surface area contributed by atoms with E-state index in [0.29, 0.717) is 22.0 Å². The molecule has 2 rings (SSSR count). The molecular weight excluding hydrogens is 256 g/mol. The van der Waals surface area contributed by atoms with Crippen molar-refractivity contribution in [1.29, 1.82) is 0 Å². The first-order valence-corrected chi connectivity index (χ1v) is 5.51. The molecule has 0 amide bonds. The van der Waals surface area contributed by atoms with Gasteiger partial charge in [-0.2, -0.15) is 0 Å². The van der Waals surface area contributed by atoms with Crippen LogP contribution < -0.4 is 4.74 Å². The first-order valence-electron chi connectivity index (χ1n) is 5.13. The minimum atomic E-state index is -1.09. The van der Waals surface area contributed by atoms with Gasteiger partial charge < -0.3 is 14.4 Å². The van der Waals surface area contributed by atoms with E-state index in [-0.39, 0.29) is 5.69 Å². The van der Waals surface area contributed by atoms with Crippen molar-refractivity contribution in [2.45, 2.75) is 0 Å². The van der Waals surface area contributed by atoms with E-state index in [1.807, 2.05) is 0 Å². The van der Waals surface area contributed by atoms with Gasteiger partial charge in [-0.3, -0.25) is 0 Å². The number of nitrogens with zero attached hydrogens (tertiary/aromatic N) is 2. The normalized spacial score (nSPS) is 10.4. The first kappa shape index (κ1) is 12.4. The summed E-state index contributed by atoms with van der Waals surface area (Å²) in [5, 5.41) is 9.51. The van der Waals surface area contributed by atoms with Gasteiger partial charge in [0.2, 0.25) is 0 Å². The van der Waals surface area contributed by atoms with Crippen molar-refractivity contribution < 1.29 is 14.6 Å². The first-order chi connectivity index (χ1) is 8.54. The molecule has 0 saturated carbocycles. The maximum absolute atomic E-state index is 11.1. The Morgan fingerprint density at radius 3 is 2.78 bits per heavy atom. The highest BCUT2D eigenvalue weighted by atomic mass is 35.5.